The Hall–Kier alpha value is -1.66. The molecule has 5 nitrogen and oxygen atoms in total. The average Bonchev–Trinajstić information content (AvgIpc) is 3.11. The molecule has 0 bridgehead atoms. The molecule has 1 atom stereocenters. The van der Waals surface area contributed by atoms with Gasteiger partial charge in [-0.05, 0) is 25.3 Å². The number of nitrogens with zero attached hydrogens (tertiary/aromatic N) is 2. The van der Waals surface area contributed by atoms with Gasteiger partial charge in [-0.25, -0.2) is 13.4 Å². The lowest BCUT2D eigenvalue weighted by Crippen LogP contribution is -2.31. The van der Waals surface area contributed by atoms with Gasteiger partial charge in [-0.3, -0.25) is 0 Å². The van der Waals surface area contributed by atoms with Crippen molar-refractivity contribution < 1.29 is 8.42 Å². The van der Waals surface area contributed by atoms with Crippen molar-refractivity contribution in [3.8, 4) is 0 Å². The molecule has 1 aromatic heterocycles. The fraction of sp³-hybridized carbons (Fsp3) is 0.357. The molecule has 0 radical (unpaired) electrons. The molecule has 0 aliphatic carbocycles. The predicted molar refractivity (Wildman–Crippen MR) is 75.6 cm³/mol. The maximum atomic E-state index is 12.6. The minimum absolute atomic E-state index is 0.0804. The number of aromatic amines is 1. The van der Waals surface area contributed by atoms with Crippen molar-refractivity contribution in [3.05, 3.63) is 47.9 Å². The molecule has 3 rings (SSSR count). The predicted octanol–water partition coefficient (Wildman–Crippen LogP) is 2.24. The summed E-state index contributed by atoms with van der Waals surface area (Å²) in [5.74, 6) is 0. The Bertz CT molecular complexity index is 695. The van der Waals surface area contributed by atoms with Gasteiger partial charge in [0.15, 0.2) is 5.03 Å². The summed E-state index contributed by atoms with van der Waals surface area (Å²) in [6.45, 7) is 2.58. The van der Waals surface area contributed by atoms with Crippen molar-refractivity contribution in [3.63, 3.8) is 0 Å². The number of aryl methyl sites for hydroxylation is 1. The Kier molecular flexibility index (Phi) is 3.35. The third kappa shape index (κ3) is 2.25. The van der Waals surface area contributed by atoms with Gasteiger partial charge in [-0.2, -0.15) is 4.31 Å². The van der Waals surface area contributed by atoms with Crippen molar-refractivity contribution in [2.24, 2.45) is 0 Å². The van der Waals surface area contributed by atoms with Crippen LogP contribution in [0, 0.1) is 6.92 Å². The molecule has 0 spiro atoms. The van der Waals surface area contributed by atoms with Gasteiger partial charge in [0.05, 0.1) is 18.6 Å². The Labute approximate surface area is 118 Å². The quantitative estimate of drug-likeness (QED) is 0.943. The van der Waals surface area contributed by atoms with E-state index in [4.69, 9.17) is 0 Å². The van der Waals surface area contributed by atoms with E-state index in [2.05, 4.69) is 16.0 Å². The summed E-state index contributed by atoms with van der Waals surface area (Å²) in [6, 6.07) is 7.98. The van der Waals surface area contributed by atoms with E-state index in [-0.39, 0.29) is 11.1 Å². The molecule has 106 valence electrons. The first-order chi connectivity index (χ1) is 9.59. The fourth-order valence-electron chi connectivity index (χ4n) is 2.75. The van der Waals surface area contributed by atoms with E-state index in [1.807, 2.05) is 25.1 Å². The minimum atomic E-state index is -3.49. The molecule has 0 amide bonds. The molecule has 1 aliphatic heterocycles. The zero-order chi connectivity index (χ0) is 14.2. The largest absolute Gasteiger partial charge is 0.335 e. The molecule has 6 heteroatoms. The lowest BCUT2D eigenvalue weighted by Gasteiger charge is -2.23. The van der Waals surface area contributed by atoms with Gasteiger partial charge in [-0.1, -0.05) is 29.8 Å². The second-order valence-electron chi connectivity index (χ2n) is 5.10. The van der Waals surface area contributed by atoms with Gasteiger partial charge >= 0.3 is 0 Å². The first-order valence-electron chi connectivity index (χ1n) is 6.66. The van der Waals surface area contributed by atoms with E-state index in [1.165, 1.54) is 12.5 Å². The zero-order valence-corrected chi connectivity index (χ0v) is 12.1. The number of hydrogen-bond acceptors (Lipinski definition) is 3. The summed E-state index contributed by atoms with van der Waals surface area (Å²) < 4.78 is 26.8. The van der Waals surface area contributed by atoms with Crippen molar-refractivity contribution in [2.45, 2.75) is 30.8 Å². The standard InChI is InChI=1S/C14H17N3O2S/c1-11-4-2-5-12(8-11)13-6-3-7-17(13)20(18,19)14-9-15-10-16-14/h2,4-5,8-10,13H,3,6-7H2,1H3,(H,15,16)/t13-/m1/s1. The smallest absolute Gasteiger partial charge is 0.260 e. The number of H-pyrrole nitrogens is 1. The molecule has 2 heterocycles. The van der Waals surface area contributed by atoms with Crippen LogP contribution in [0.15, 0.2) is 41.8 Å². The highest BCUT2D eigenvalue weighted by Gasteiger charge is 2.36. The van der Waals surface area contributed by atoms with Gasteiger partial charge in [0.2, 0.25) is 0 Å². The number of benzene rings is 1. The third-order valence-electron chi connectivity index (χ3n) is 3.69. The molecule has 1 N–H and O–H groups in total. The second kappa shape index (κ2) is 5.03. The van der Waals surface area contributed by atoms with Gasteiger partial charge < -0.3 is 4.98 Å². The first-order valence-corrected chi connectivity index (χ1v) is 8.10. The van der Waals surface area contributed by atoms with Gasteiger partial charge in [0.1, 0.15) is 0 Å². The van der Waals surface area contributed by atoms with E-state index in [1.54, 1.807) is 4.31 Å². The van der Waals surface area contributed by atoms with Crippen molar-refractivity contribution >= 4 is 10.0 Å². The Morgan fingerprint density at radius 1 is 1.40 bits per heavy atom. The molecule has 2 aromatic rings. The number of hydrogen-bond donors (Lipinski definition) is 1. The monoisotopic (exact) mass is 291 g/mol. The SMILES string of the molecule is Cc1cccc([C@H]2CCCN2S(=O)(=O)c2cnc[nH]2)c1. The van der Waals surface area contributed by atoms with Crippen molar-refractivity contribution in [1.29, 1.82) is 0 Å². The van der Waals surface area contributed by atoms with Crippen LogP contribution in [-0.2, 0) is 10.0 Å². The zero-order valence-electron chi connectivity index (χ0n) is 11.3. The Morgan fingerprint density at radius 3 is 2.95 bits per heavy atom. The fourth-order valence-corrected chi connectivity index (χ4v) is 4.33. The summed E-state index contributed by atoms with van der Waals surface area (Å²) in [4.78, 5) is 6.51. The molecular weight excluding hydrogens is 274 g/mol. The molecule has 1 saturated heterocycles. The van der Waals surface area contributed by atoms with E-state index < -0.39 is 10.0 Å². The summed E-state index contributed by atoms with van der Waals surface area (Å²) in [5.41, 5.74) is 2.21. The third-order valence-corrected chi connectivity index (χ3v) is 5.52. The minimum Gasteiger partial charge on any atom is -0.335 e. The van der Waals surface area contributed by atoms with Crippen molar-refractivity contribution in [1.82, 2.24) is 14.3 Å². The van der Waals surface area contributed by atoms with E-state index in [0.29, 0.717) is 6.54 Å². The Morgan fingerprint density at radius 2 is 2.25 bits per heavy atom. The summed E-state index contributed by atoms with van der Waals surface area (Å²) >= 11 is 0. The van der Waals surface area contributed by atoms with Gasteiger partial charge in [0.25, 0.3) is 10.0 Å². The topological polar surface area (TPSA) is 66.1 Å². The average molecular weight is 291 g/mol. The highest BCUT2D eigenvalue weighted by Crippen LogP contribution is 2.36. The van der Waals surface area contributed by atoms with Crippen LogP contribution >= 0.6 is 0 Å². The molecule has 1 fully saturated rings. The molecule has 0 saturated carbocycles. The number of rotatable bonds is 3. The van der Waals surface area contributed by atoms with Crippen LogP contribution in [0.5, 0.6) is 0 Å². The lowest BCUT2D eigenvalue weighted by atomic mass is 10.0. The van der Waals surface area contributed by atoms with E-state index in [9.17, 15) is 8.42 Å². The number of imidazole rings is 1. The maximum Gasteiger partial charge on any atom is 0.260 e. The van der Waals surface area contributed by atoms with Crippen LogP contribution in [-0.4, -0.2) is 29.2 Å². The Balaban J connectivity index is 1.98. The van der Waals surface area contributed by atoms with Crippen LogP contribution in [0.2, 0.25) is 0 Å². The van der Waals surface area contributed by atoms with Crippen LogP contribution in [0.1, 0.15) is 30.0 Å². The first kappa shape index (κ1) is 13.3. The summed E-state index contributed by atoms with van der Waals surface area (Å²) in [6.07, 6.45) is 4.49. The maximum absolute atomic E-state index is 12.6. The summed E-state index contributed by atoms with van der Waals surface area (Å²) in [7, 11) is -3.49. The van der Waals surface area contributed by atoms with Gasteiger partial charge in [0, 0.05) is 6.54 Å². The summed E-state index contributed by atoms with van der Waals surface area (Å²) in [5, 5.41) is 0.164. The molecule has 1 aromatic carbocycles. The van der Waals surface area contributed by atoms with Gasteiger partial charge in [-0.15, -0.1) is 0 Å². The van der Waals surface area contributed by atoms with Crippen LogP contribution < -0.4 is 0 Å². The molecule has 1 aliphatic rings. The van der Waals surface area contributed by atoms with E-state index in [0.717, 1.165) is 24.0 Å². The molecule has 20 heavy (non-hydrogen) atoms. The van der Waals surface area contributed by atoms with Crippen LogP contribution in [0.25, 0.3) is 0 Å². The lowest BCUT2D eigenvalue weighted by molar-refractivity contribution is 0.395. The van der Waals surface area contributed by atoms with Crippen LogP contribution in [0.3, 0.4) is 0 Å². The molecule has 0 unspecified atom stereocenters. The van der Waals surface area contributed by atoms with Crippen LogP contribution in [0.4, 0.5) is 0 Å². The highest BCUT2D eigenvalue weighted by molar-refractivity contribution is 7.89. The normalized spacial score (nSPS) is 20.4. The second-order valence-corrected chi connectivity index (χ2v) is 6.96. The number of sulfonamides is 1. The van der Waals surface area contributed by atoms with Crippen molar-refractivity contribution in [2.75, 3.05) is 6.54 Å². The number of nitrogens with one attached hydrogen (secondary N) is 1. The molecular formula is C14H17N3O2S. The highest BCUT2D eigenvalue weighted by atomic mass is 32.2. The number of aromatic nitrogens is 2. The van der Waals surface area contributed by atoms with E-state index >= 15 is 0 Å².